The summed E-state index contributed by atoms with van der Waals surface area (Å²) in [7, 11) is -3.65. The topological polar surface area (TPSA) is 77.0 Å². The van der Waals surface area contributed by atoms with E-state index >= 15 is 0 Å². The molecule has 1 N–H and O–H groups in total. The number of rotatable bonds is 5. The quantitative estimate of drug-likeness (QED) is 0.769. The van der Waals surface area contributed by atoms with Crippen LogP contribution in [0.15, 0.2) is 71.6 Å². The van der Waals surface area contributed by atoms with Gasteiger partial charge in [0.1, 0.15) is 11.6 Å². The highest BCUT2D eigenvalue weighted by Gasteiger charge is 2.23. The van der Waals surface area contributed by atoms with Gasteiger partial charge in [-0.25, -0.2) is 13.4 Å². The van der Waals surface area contributed by atoms with Gasteiger partial charge in [0.2, 0.25) is 0 Å². The van der Waals surface area contributed by atoms with Gasteiger partial charge in [0.15, 0.2) is 0 Å². The largest absolute Gasteiger partial charge is 0.508 e. The zero-order chi connectivity index (χ0) is 22.0. The first-order chi connectivity index (χ1) is 14.8. The van der Waals surface area contributed by atoms with E-state index in [0.717, 1.165) is 43.1 Å². The molecule has 0 saturated carbocycles. The first-order valence-electron chi connectivity index (χ1n) is 10.5. The Morgan fingerprint density at radius 2 is 1.65 bits per heavy atom. The fraction of sp³-hybridized carbons (Fsp3) is 0.348. The molecular weight excluding hydrogens is 412 g/mol. The van der Waals surface area contributed by atoms with Crippen LogP contribution in [-0.2, 0) is 10.0 Å². The Kier molecular flexibility index (Phi) is 6.02. The molecule has 0 aliphatic carbocycles. The first-order valence-corrected chi connectivity index (χ1v) is 11.9. The van der Waals surface area contributed by atoms with Crippen LogP contribution in [-0.4, -0.2) is 66.5 Å². The summed E-state index contributed by atoms with van der Waals surface area (Å²) in [5.74, 6) is 1.04. The lowest BCUT2D eigenvalue weighted by molar-refractivity contribution is 0.209. The maximum absolute atomic E-state index is 12.8. The van der Waals surface area contributed by atoms with E-state index in [1.54, 1.807) is 24.3 Å². The molecule has 2 aromatic rings. The van der Waals surface area contributed by atoms with Gasteiger partial charge in [-0.15, -0.1) is 0 Å². The summed E-state index contributed by atoms with van der Waals surface area (Å²) in [4.78, 5) is 9.63. The standard InChI is InChI=1S/C23H28N4O3S/c1-18(2)25-13-15-26(16-14-25)23-8-5-20(17-24-23)19-3-6-22(7-4-19)31(29,30)27-11-9-21(28)10-12-27/h3-11,17-18,28H,12-16H2,1-2H3. The van der Waals surface area contributed by atoms with Crippen molar-refractivity contribution in [2.24, 2.45) is 0 Å². The second-order valence-corrected chi connectivity index (χ2v) is 9.96. The van der Waals surface area contributed by atoms with Gasteiger partial charge in [-0.05, 0) is 55.8 Å². The minimum absolute atomic E-state index is 0.0690. The molecule has 0 amide bonds. The van der Waals surface area contributed by atoms with E-state index < -0.39 is 10.0 Å². The summed E-state index contributed by atoms with van der Waals surface area (Å²) in [6, 6.07) is 11.4. The number of aliphatic hydroxyl groups is 1. The molecule has 7 nitrogen and oxygen atoms in total. The minimum Gasteiger partial charge on any atom is -0.508 e. The van der Waals surface area contributed by atoms with E-state index in [0.29, 0.717) is 6.04 Å². The van der Waals surface area contributed by atoms with Gasteiger partial charge < -0.3 is 10.0 Å². The fourth-order valence-corrected chi connectivity index (χ4v) is 5.06. The molecule has 164 valence electrons. The molecule has 0 radical (unpaired) electrons. The third-order valence-corrected chi connectivity index (χ3v) is 7.56. The van der Waals surface area contributed by atoms with Gasteiger partial charge in [-0.1, -0.05) is 12.1 Å². The fourth-order valence-electron chi connectivity index (χ4n) is 3.82. The third kappa shape index (κ3) is 4.60. The zero-order valence-corrected chi connectivity index (χ0v) is 18.7. The number of anilines is 1. The van der Waals surface area contributed by atoms with E-state index in [1.165, 1.54) is 22.7 Å². The second kappa shape index (κ2) is 8.72. The predicted octanol–water partition coefficient (Wildman–Crippen LogP) is 3.24. The predicted molar refractivity (Wildman–Crippen MR) is 122 cm³/mol. The van der Waals surface area contributed by atoms with Crippen molar-refractivity contribution < 1.29 is 13.5 Å². The van der Waals surface area contributed by atoms with Gasteiger partial charge in [0.25, 0.3) is 10.0 Å². The number of piperazine rings is 1. The molecule has 0 unspecified atom stereocenters. The first kappa shape index (κ1) is 21.4. The number of allylic oxidation sites excluding steroid dienone is 1. The molecule has 3 heterocycles. The molecule has 4 rings (SSSR count). The molecule has 0 spiro atoms. The molecule has 0 bridgehead atoms. The summed E-state index contributed by atoms with van der Waals surface area (Å²) in [5, 5.41) is 9.40. The van der Waals surface area contributed by atoms with Crippen molar-refractivity contribution >= 4 is 15.8 Å². The number of benzene rings is 1. The van der Waals surface area contributed by atoms with Crippen molar-refractivity contribution in [1.29, 1.82) is 0 Å². The molecule has 2 aliphatic rings. The lowest BCUT2D eigenvalue weighted by Gasteiger charge is -2.37. The van der Waals surface area contributed by atoms with Crippen LogP contribution in [0.2, 0.25) is 0 Å². The molecular formula is C23H28N4O3S. The average Bonchev–Trinajstić information content (AvgIpc) is 2.80. The normalized spacial score (nSPS) is 17.8. The number of hydrogen-bond acceptors (Lipinski definition) is 6. The minimum atomic E-state index is -3.65. The van der Waals surface area contributed by atoms with Gasteiger partial charge in [-0.2, -0.15) is 0 Å². The number of pyridine rings is 1. The van der Waals surface area contributed by atoms with Crippen LogP contribution in [0.1, 0.15) is 13.8 Å². The highest BCUT2D eigenvalue weighted by molar-refractivity contribution is 7.89. The molecule has 0 atom stereocenters. The van der Waals surface area contributed by atoms with Crippen molar-refractivity contribution in [2.45, 2.75) is 24.8 Å². The summed E-state index contributed by atoms with van der Waals surface area (Å²) < 4.78 is 26.7. The molecule has 1 aromatic heterocycles. The summed E-state index contributed by atoms with van der Waals surface area (Å²) in [5.41, 5.74) is 1.86. The number of hydrogen-bond donors (Lipinski definition) is 1. The highest BCUT2D eigenvalue weighted by atomic mass is 32.2. The maximum atomic E-state index is 12.8. The summed E-state index contributed by atoms with van der Waals surface area (Å²) in [6.45, 7) is 8.58. The number of aromatic nitrogens is 1. The zero-order valence-electron chi connectivity index (χ0n) is 17.8. The Bertz CT molecular complexity index is 1070. The Morgan fingerprint density at radius 3 is 2.19 bits per heavy atom. The van der Waals surface area contributed by atoms with Gasteiger partial charge in [-0.3, -0.25) is 9.21 Å². The highest BCUT2D eigenvalue weighted by Crippen LogP contribution is 2.25. The molecule has 8 heteroatoms. The Balaban J connectivity index is 1.44. The van der Waals surface area contributed by atoms with Crippen molar-refractivity contribution in [2.75, 3.05) is 37.6 Å². The van der Waals surface area contributed by atoms with E-state index in [4.69, 9.17) is 0 Å². The van der Waals surface area contributed by atoms with Crippen LogP contribution in [0.25, 0.3) is 11.1 Å². The smallest absolute Gasteiger partial charge is 0.264 e. The van der Waals surface area contributed by atoms with Crippen molar-refractivity contribution in [3.8, 4) is 11.1 Å². The number of nitrogens with zero attached hydrogens (tertiary/aromatic N) is 4. The van der Waals surface area contributed by atoms with E-state index in [1.807, 2.05) is 18.3 Å². The summed E-state index contributed by atoms with van der Waals surface area (Å²) in [6.07, 6.45) is 6.05. The number of sulfonamides is 1. The van der Waals surface area contributed by atoms with E-state index in [-0.39, 0.29) is 17.2 Å². The molecule has 1 fully saturated rings. The molecule has 31 heavy (non-hydrogen) atoms. The van der Waals surface area contributed by atoms with Crippen LogP contribution >= 0.6 is 0 Å². The number of aliphatic hydroxyl groups excluding tert-OH is 1. The Morgan fingerprint density at radius 1 is 0.968 bits per heavy atom. The van der Waals surface area contributed by atoms with Crippen LogP contribution < -0.4 is 4.90 Å². The lowest BCUT2D eigenvalue weighted by Crippen LogP contribution is -2.49. The Labute approximate surface area is 184 Å². The van der Waals surface area contributed by atoms with Crippen LogP contribution in [0.3, 0.4) is 0 Å². The van der Waals surface area contributed by atoms with E-state index in [2.05, 4.69) is 28.6 Å². The Hall–Kier alpha value is -2.84. The van der Waals surface area contributed by atoms with Gasteiger partial charge >= 0.3 is 0 Å². The van der Waals surface area contributed by atoms with Crippen molar-refractivity contribution in [1.82, 2.24) is 14.2 Å². The van der Waals surface area contributed by atoms with Gasteiger partial charge in [0, 0.05) is 50.2 Å². The van der Waals surface area contributed by atoms with E-state index in [9.17, 15) is 13.5 Å². The van der Waals surface area contributed by atoms with Crippen LogP contribution in [0.5, 0.6) is 0 Å². The monoisotopic (exact) mass is 440 g/mol. The van der Waals surface area contributed by atoms with Crippen molar-refractivity contribution in [3.63, 3.8) is 0 Å². The molecule has 1 aromatic carbocycles. The van der Waals surface area contributed by atoms with Crippen LogP contribution in [0, 0.1) is 0 Å². The summed E-state index contributed by atoms with van der Waals surface area (Å²) >= 11 is 0. The third-order valence-electron chi connectivity index (χ3n) is 5.80. The molecule has 2 aliphatic heterocycles. The van der Waals surface area contributed by atoms with Crippen molar-refractivity contribution in [3.05, 3.63) is 66.7 Å². The average molecular weight is 441 g/mol. The molecule has 1 saturated heterocycles. The second-order valence-electron chi connectivity index (χ2n) is 8.07. The maximum Gasteiger partial charge on any atom is 0.264 e. The van der Waals surface area contributed by atoms with Gasteiger partial charge in [0.05, 0.1) is 11.4 Å². The lowest BCUT2D eigenvalue weighted by atomic mass is 10.1. The van der Waals surface area contributed by atoms with Crippen LogP contribution in [0.4, 0.5) is 5.82 Å². The SMILES string of the molecule is CC(C)N1CCN(c2ccc(-c3ccc(S(=O)(=O)N4C=CC(O)=CC4)cc3)cn2)CC1.